The van der Waals surface area contributed by atoms with Gasteiger partial charge in [0.25, 0.3) is 5.91 Å². The Bertz CT molecular complexity index is 493. The molecule has 6 nitrogen and oxygen atoms in total. The van der Waals surface area contributed by atoms with Crippen LogP contribution in [0.5, 0.6) is 0 Å². The molecule has 0 spiro atoms. The molecule has 1 rings (SSSR count). The van der Waals surface area contributed by atoms with Crippen molar-refractivity contribution >= 4 is 33.5 Å². The fourth-order valence-electron chi connectivity index (χ4n) is 1.49. The molecule has 0 bridgehead atoms. The van der Waals surface area contributed by atoms with E-state index in [1.54, 1.807) is 26.2 Å². The maximum Gasteiger partial charge on any atom is 0.338 e. The predicted molar refractivity (Wildman–Crippen MR) is 78.3 cm³/mol. The highest BCUT2D eigenvalue weighted by molar-refractivity contribution is 9.10. The van der Waals surface area contributed by atoms with E-state index in [2.05, 4.69) is 21.2 Å². The first-order valence-electron chi connectivity index (χ1n) is 5.94. The molecular weight excluding hydrogens is 328 g/mol. The summed E-state index contributed by atoms with van der Waals surface area (Å²) in [5.74, 6) is -0.980. The third-order valence-corrected chi connectivity index (χ3v) is 3.11. The second kappa shape index (κ2) is 7.86. The number of methoxy groups -OCH3 is 1. The summed E-state index contributed by atoms with van der Waals surface area (Å²) < 4.78 is 10.5. The second-order valence-corrected chi connectivity index (χ2v) is 5.09. The number of amides is 1. The number of halogens is 1. The van der Waals surface area contributed by atoms with E-state index in [4.69, 9.17) is 15.2 Å². The van der Waals surface area contributed by atoms with Gasteiger partial charge < -0.3 is 20.5 Å². The molecule has 3 N–H and O–H groups in total. The van der Waals surface area contributed by atoms with Crippen LogP contribution in [0.25, 0.3) is 0 Å². The summed E-state index contributed by atoms with van der Waals surface area (Å²) in [4.78, 5) is 23.2. The maximum absolute atomic E-state index is 11.7. The first kappa shape index (κ1) is 16.5. The Morgan fingerprint density at radius 3 is 2.75 bits per heavy atom. The molecule has 0 fully saturated rings. The number of nitrogen functional groups attached to an aromatic ring is 1. The van der Waals surface area contributed by atoms with Crippen molar-refractivity contribution in [1.82, 2.24) is 5.32 Å². The number of carbonyl (C=O) groups excluding carboxylic acids is 2. The van der Waals surface area contributed by atoms with E-state index in [0.29, 0.717) is 22.3 Å². The standard InChI is InChI=1S/C13H17BrN2O4/c1-8(6-19-2)16-12(17)7-20-13(18)9-3-4-10(14)11(15)5-9/h3-5,8H,6-7,15H2,1-2H3,(H,16,17). The smallest absolute Gasteiger partial charge is 0.338 e. The Labute approximate surface area is 125 Å². The van der Waals surface area contributed by atoms with Crippen molar-refractivity contribution in [2.75, 3.05) is 26.1 Å². The summed E-state index contributed by atoms with van der Waals surface area (Å²) >= 11 is 3.23. The van der Waals surface area contributed by atoms with Gasteiger partial charge in [0.05, 0.1) is 12.2 Å². The Kier molecular flexibility index (Phi) is 6.47. The van der Waals surface area contributed by atoms with Crippen molar-refractivity contribution in [2.24, 2.45) is 0 Å². The van der Waals surface area contributed by atoms with Crippen molar-refractivity contribution in [3.05, 3.63) is 28.2 Å². The minimum Gasteiger partial charge on any atom is -0.452 e. The Morgan fingerprint density at radius 1 is 1.45 bits per heavy atom. The number of esters is 1. The third-order valence-electron chi connectivity index (χ3n) is 2.39. The molecule has 0 saturated carbocycles. The Morgan fingerprint density at radius 2 is 2.15 bits per heavy atom. The van der Waals surface area contributed by atoms with Crippen LogP contribution in [0.2, 0.25) is 0 Å². The molecule has 0 heterocycles. The van der Waals surface area contributed by atoms with E-state index in [1.807, 2.05) is 0 Å². The van der Waals surface area contributed by atoms with Crippen LogP contribution in [-0.4, -0.2) is 38.2 Å². The number of nitrogens with one attached hydrogen (secondary N) is 1. The van der Waals surface area contributed by atoms with E-state index >= 15 is 0 Å². The maximum atomic E-state index is 11.7. The lowest BCUT2D eigenvalue weighted by Gasteiger charge is -2.12. The molecular formula is C13H17BrN2O4. The zero-order chi connectivity index (χ0) is 15.1. The van der Waals surface area contributed by atoms with Crippen molar-refractivity contribution in [3.8, 4) is 0 Å². The molecule has 1 unspecified atom stereocenters. The highest BCUT2D eigenvalue weighted by atomic mass is 79.9. The lowest BCUT2D eigenvalue weighted by atomic mass is 10.2. The molecule has 0 aliphatic rings. The fourth-order valence-corrected chi connectivity index (χ4v) is 1.74. The van der Waals surface area contributed by atoms with Gasteiger partial charge in [-0.1, -0.05) is 0 Å². The molecule has 110 valence electrons. The lowest BCUT2D eigenvalue weighted by Crippen LogP contribution is -2.38. The molecule has 0 aliphatic heterocycles. The number of hydrogen-bond donors (Lipinski definition) is 2. The van der Waals surface area contributed by atoms with Crippen LogP contribution in [0.1, 0.15) is 17.3 Å². The summed E-state index contributed by atoms with van der Waals surface area (Å²) in [7, 11) is 1.54. The van der Waals surface area contributed by atoms with Gasteiger partial charge in [-0.3, -0.25) is 4.79 Å². The lowest BCUT2D eigenvalue weighted by molar-refractivity contribution is -0.125. The molecule has 1 aromatic carbocycles. The predicted octanol–water partition coefficient (Wildman–Crippen LogP) is 1.34. The topological polar surface area (TPSA) is 90.6 Å². The van der Waals surface area contributed by atoms with Gasteiger partial charge in [0, 0.05) is 23.3 Å². The van der Waals surface area contributed by atoms with Gasteiger partial charge in [-0.25, -0.2) is 4.79 Å². The van der Waals surface area contributed by atoms with Crippen molar-refractivity contribution < 1.29 is 19.1 Å². The summed E-state index contributed by atoms with van der Waals surface area (Å²) in [5.41, 5.74) is 6.39. The van der Waals surface area contributed by atoms with Crippen LogP contribution >= 0.6 is 15.9 Å². The van der Waals surface area contributed by atoms with E-state index in [9.17, 15) is 9.59 Å². The van der Waals surface area contributed by atoms with Crippen molar-refractivity contribution in [3.63, 3.8) is 0 Å². The average molecular weight is 345 g/mol. The summed E-state index contributed by atoms with van der Waals surface area (Å²) in [6, 6.07) is 4.55. The number of nitrogens with two attached hydrogens (primary N) is 1. The van der Waals surface area contributed by atoms with Crippen molar-refractivity contribution in [1.29, 1.82) is 0 Å². The molecule has 20 heavy (non-hydrogen) atoms. The van der Waals surface area contributed by atoms with Crippen LogP contribution < -0.4 is 11.1 Å². The molecule has 0 saturated heterocycles. The quantitative estimate of drug-likeness (QED) is 0.600. The van der Waals surface area contributed by atoms with E-state index in [0.717, 1.165) is 0 Å². The number of rotatable bonds is 6. The van der Waals surface area contributed by atoms with Crippen LogP contribution in [0.3, 0.4) is 0 Å². The zero-order valence-electron chi connectivity index (χ0n) is 11.3. The minimum absolute atomic E-state index is 0.144. The SMILES string of the molecule is COCC(C)NC(=O)COC(=O)c1ccc(Br)c(N)c1. The summed E-state index contributed by atoms with van der Waals surface area (Å²) in [6.45, 7) is 1.84. The number of benzene rings is 1. The first-order chi connectivity index (χ1) is 9.43. The van der Waals surface area contributed by atoms with E-state index in [-0.39, 0.29) is 18.6 Å². The Hall–Kier alpha value is -1.60. The number of hydrogen-bond acceptors (Lipinski definition) is 5. The van der Waals surface area contributed by atoms with Gasteiger partial charge in [0.2, 0.25) is 0 Å². The minimum atomic E-state index is -0.598. The first-order valence-corrected chi connectivity index (χ1v) is 6.73. The van der Waals surface area contributed by atoms with Gasteiger partial charge in [0.1, 0.15) is 0 Å². The van der Waals surface area contributed by atoms with Crippen LogP contribution in [-0.2, 0) is 14.3 Å². The van der Waals surface area contributed by atoms with Crippen molar-refractivity contribution in [2.45, 2.75) is 13.0 Å². The fraction of sp³-hybridized carbons (Fsp3) is 0.385. The molecule has 1 amide bonds. The number of anilines is 1. The van der Waals surface area contributed by atoms with Gasteiger partial charge in [0.15, 0.2) is 6.61 Å². The van der Waals surface area contributed by atoms with Crippen LogP contribution in [0, 0.1) is 0 Å². The normalized spacial score (nSPS) is 11.8. The summed E-state index contributed by atoms with van der Waals surface area (Å²) in [5, 5.41) is 2.63. The highest BCUT2D eigenvalue weighted by Gasteiger charge is 2.12. The summed E-state index contributed by atoms with van der Waals surface area (Å²) in [6.07, 6.45) is 0. The van der Waals surface area contributed by atoms with E-state index < -0.39 is 5.97 Å². The number of ether oxygens (including phenoxy) is 2. The van der Waals surface area contributed by atoms with Gasteiger partial charge in [-0.2, -0.15) is 0 Å². The Balaban J connectivity index is 2.46. The molecule has 0 aliphatic carbocycles. The number of carbonyl (C=O) groups is 2. The third kappa shape index (κ3) is 5.18. The highest BCUT2D eigenvalue weighted by Crippen LogP contribution is 2.20. The second-order valence-electron chi connectivity index (χ2n) is 4.24. The van der Waals surface area contributed by atoms with Crippen LogP contribution in [0.4, 0.5) is 5.69 Å². The molecule has 0 aromatic heterocycles. The van der Waals surface area contributed by atoms with E-state index in [1.165, 1.54) is 6.07 Å². The van der Waals surface area contributed by atoms with Crippen LogP contribution in [0.15, 0.2) is 22.7 Å². The zero-order valence-corrected chi connectivity index (χ0v) is 12.9. The molecule has 1 atom stereocenters. The van der Waals surface area contributed by atoms with Gasteiger partial charge in [-0.15, -0.1) is 0 Å². The monoisotopic (exact) mass is 344 g/mol. The largest absolute Gasteiger partial charge is 0.452 e. The van der Waals surface area contributed by atoms with Gasteiger partial charge >= 0.3 is 5.97 Å². The average Bonchev–Trinajstić information content (AvgIpc) is 2.39. The van der Waals surface area contributed by atoms with Gasteiger partial charge in [-0.05, 0) is 41.1 Å². The molecule has 7 heteroatoms. The molecule has 0 radical (unpaired) electrons. The molecule has 1 aromatic rings.